The van der Waals surface area contributed by atoms with E-state index >= 15 is 0 Å². The molecule has 0 spiro atoms. The number of allylic oxidation sites excluding steroid dienone is 1. The van der Waals surface area contributed by atoms with Crippen LogP contribution in [0.5, 0.6) is 0 Å². The first-order chi connectivity index (χ1) is 13.6. The van der Waals surface area contributed by atoms with Crippen molar-refractivity contribution in [2.45, 2.75) is 32.2 Å². The number of rotatable bonds is 3. The highest BCUT2D eigenvalue weighted by atomic mass is 35.5. The highest BCUT2D eigenvalue weighted by Crippen LogP contribution is 2.33. The first-order valence-corrected chi connectivity index (χ1v) is 10.6. The Hall–Kier alpha value is -2.44. The minimum absolute atomic E-state index is 0.139. The second-order valence-corrected chi connectivity index (χ2v) is 8.44. The van der Waals surface area contributed by atoms with Gasteiger partial charge >= 0.3 is 0 Å². The fourth-order valence-electron chi connectivity index (χ4n) is 4.10. The van der Waals surface area contributed by atoms with E-state index in [0.29, 0.717) is 5.15 Å². The molecule has 1 saturated heterocycles. The van der Waals surface area contributed by atoms with Gasteiger partial charge in [0.05, 0.1) is 6.04 Å². The summed E-state index contributed by atoms with van der Waals surface area (Å²) in [5.41, 5.74) is 5.24. The molecule has 3 aromatic rings. The fourth-order valence-corrected chi connectivity index (χ4v) is 5.15. The summed E-state index contributed by atoms with van der Waals surface area (Å²) in [4.78, 5) is 24.0. The lowest BCUT2D eigenvalue weighted by molar-refractivity contribution is -0.128. The van der Waals surface area contributed by atoms with E-state index in [4.69, 9.17) is 11.6 Å². The van der Waals surface area contributed by atoms with E-state index in [1.165, 1.54) is 5.57 Å². The smallest absolute Gasteiger partial charge is 0.219 e. The molecule has 5 nitrogen and oxygen atoms in total. The maximum absolute atomic E-state index is 11.8. The number of carbonyl (C=O) groups is 1. The number of aromatic nitrogens is 2. The van der Waals surface area contributed by atoms with Crippen LogP contribution >= 0.6 is 22.9 Å². The SMILES string of the molecule is CC(=O)N1CCCC1C1=NC=C(c2ccc(-c3nc4sccn4c3Cl)cc2)C1. The van der Waals surface area contributed by atoms with Gasteiger partial charge in [-0.15, -0.1) is 11.3 Å². The van der Waals surface area contributed by atoms with Crippen molar-refractivity contribution >= 4 is 45.1 Å². The van der Waals surface area contributed by atoms with Crippen molar-refractivity contribution in [2.75, 3.05) is 6.54 Å². The van der Waals surface area contributed by atoms with Gasteiger partial charge in [0.15, 0.2) is 4.96 Å². The van der Waals surface area contributed by atoms with E-state index in [9.17, 15) is 4.79 Å². The van der Waals surface area contributed by atoms with Gasteiger partial charge in [0.2, 0.25) is 5.91 Å². The van der Waals surface area contributed by atoms with Crippen molar-refractivity contribution < 1.29 is 4.79 Å². The molecule has 28 heavy (non-hydrogen) atoms. The van der Waals surface area contributed by atoms with Crippen LogP contribution < -0.4 is 0 Å². The highest BCUT2D eigenvalue weighted by molar-refractivity contribution is 7.15. The zero-order valence-corrected chi connectivity index (χ0v) is 17.0. The number of nitrogens with zero attached hydrogens (tertiary/aromatic N) is 4. The lowest BCUT2D eigenvalue weighted by Crippen LogP contribution is -2.38. The highest BCUT2D eigenvalue weighted by Gasteiger charge is 2.32. The normalized spacial score (nSPS) is 19.4. The maximum atomic E-state index is 11.8. The summed E-state index contributed by atoms with van der Waals surface area (Å²) in [7, 11) is 0. The number of aliphatic imine (C=N–C) groups is 1. The van der Waals surface area contributed by atoms with Crippen molar-refractivity contribution in [3.05, 3.63) is 52.8 Å². The van der Waals surface area contributed by atoms with Gasteiger partial charge in [0.1, 0.15) is 10.8 Å². The summed E-state index contributed by atoms with van der Waals surface area (Å²) in [5.74, 6) is 0.139. The quantitative estimate of drug-likeness (QED) is 0.615. The summed E-state index contributed by atoms with van der Waals surface area (Å²) in [5, 5.41) is 2.61. The van der Waals surface area contributed by atoms with Crippen LogP contribution in [0.3, 0.4) is 0 Å². The molecule has 5 rings (SSSR count). The molecule has 2 aliphatic heterocycles. The van der Waals surface area contributed by atoms with Crippen molar-refractivity contribution in [3.63, 3.8) is 0 Å². The molecule has 7 heteroatoms. The summed E-state index contributed by atoms with van der Waals surface area (Å²) in [6.07, 6.45) is 6.74. The van der Waals surface area contributed by atoms with Crippen LogP contribution in [0, 0.1) is 0 Å². The lowest BCUT2D eigenvalue weighted by Gasteiger charge is -2.23. The number of imidazole rings is 1. The Bertz CT molecular complexity index is 1130. The van der Waals surface area contributed by atoms with Crippen LogP contribution in [0.2, 0.25) is 5.15 Å². The Labute approximate surface area is 172 Å². The molecular weight excluding hydrogens is 392 g/mol. The monoisotopic (exact) mass is 410 g/mol. The van der Waals surface area contributed by atoms with E-state index in [1.54, 1.807) is 18.3 Å². The fraction of sp³-hybridized carbons (Fsp3) is 0.286. The molecule has 4 heterocycles. The number of hydrogen-bond donors (Lipinski definition) is 0. The Kier molecular flexibility index (Phi) is 4.33. The van der Waals surface area contributed by atoms with Gasteiger partial charge in [-0.3, -0.25) is 14.2 Å². The predicted octanol–water partition coefficient (Wildman–Crippen LogP) is 4.91. The Balaban J connectivity index is 1.34. The van der Waals surface area contributed by atoms with Crippen LogP contribution in [-0.2, 0) is 4.79 Å². The standard InChI is InChI=1S/C21H19ClN4OS/c1-13(27)25-8-2-3-18(25)17-11-16(12-23-17)14-4-6-15(7-5-14)19-20(22)26-9-10-28-21(26)24-19/h4-7,9-10,12,18H,2-3,8,11H2,1H3. The largest absolute Gasteiger partial charge is 0.335 e. The zero-order chi connectivity index (χ0) is 19.3. The first-order valence-electron chi connectivity index (χ1n) is 9.36. The lowest BCUT2D eigenvalue weighted by atomic mass is 9.97. The van der Waals surface area contributed by atoms with Gasteiger partial charge < -0.3 is 4.90 Å². The molecule has 2 aliphatic rings. The number of likely N-dealkylation sites (tertiary alicyclic amines) is 1. The summed E-state index contributed by atoms with van der Waals surface area (Å²) in [6.45, 7) is 2.48. The number of thiazole rings is 1. The van der Waals surface area contributed by atoms with Crippen LogP contribution in [0.25, 0.3) is 21.8 Å². The van der Waals surface area contributed by atoms with E-state index in [2.05, 4.69) is 34.2 Å². The van der Waals surface area contributed by atoms with E-state index in [-0.39, 0.29) is 11.9 Å². The summed E-state index contributed by atoms with van der Waals surface area (Å²) < 4.78 is 1.90. The second-order valence-electron chi connectivity index (χ2n) is 7.21. The third-order valence-corrected chi connectivity index (χ3v) is 6.65. The van der Waals surface area contributed by atoms with Crippen molar-refractivity contribution in [2.24, 2.45) is 4.99 Å². The van der Waals surface area contributed by atoms with Crippen LogP contribution in [-0.4, -0.2) is 38.5 Å². The molecule has 1 fully saturated rings. The molecule has 142 valence electrons. The second kappa shape index (κ2) is 6.87. The molecule has 1 unspecified atom stereocenters. The molecule has 1 atom stereocenters. The van der Waals surface area contributed by atoms with Crippen LogP contribution in [0.15, 0.2) is 47.0 Å². The van der Waals surface area contributed by atoms with Gasteiger partial charge in [-0.25, -0.2) is 4.98 Å². The molecule has 0 aliphatic carbocycles. The van der Waals surface area contributed by atoms with E-state index in [1.807, 2.05) is 27.1 Å². The van der Waals surface area contributed by atoms with Crippen LogP contribution in [0.1, 0.15) is 31.7 Å². The molecule has 0 bridgehead atoms. The van der Waals surface area contributed by atoms with Gasteiger partial charge in [-0.1, -0.05) is 35.9 Å². The third-order valence-electron chi connectivity index (χ3n) is 5.53. The average molecular weight is 411 g/mol. The van der Waals surface area contributed by atoms with Gasteiger partial charge in [-0.2, -0.15) is 0 Å². The molecular formula is C21H19ClN4OS. The molecule has 0 radical (unpaired) electrons. The maximum Gasteiger partial charge on any atom is 0.219 e. The predicted molar refractivity (Wildman–Crippen MR) is 114 cm³/mol. The minimum atomic E-state index is 0.139. The molecule has 2 aromatic heterocycles. The van der Waals surface area contributed by atoms with Gasteiger partial charge in [0.25, 0.3) is 0 Å². The minimum Gasteiger partial charge on any atom is -0.335 e. The van der Waals surface area contributed by atoms with Gasteiger partial charge in [-0.05, 0) is 24.0 Å². The Morgan fingerprint density at radius 3 is 2.79 bits per heavy atom. The van der Waals surface area contributed by atoms with Crippen molar-refractivity contribution in [1.82, 2.24) is 14.3 Å². The number of halogens is 1. The van der Waals surface area contributed by atoms with Crippen molar-refractivity contribution in [1.29, 1.82) is 0 Å². The Morgan fingerprint density at radius 1 is 1.25 bits per heavy atom. The van der Waals surface area contributed by atoms with Gasteiger partial charge in [0, 0.05) is 48.9 Å². The van der Waals surface area contributed by atoms with Crippen LogP contribution in [0.4, 0.5) is 0 Å². The van der Waals surface area contributed by atoms with E-state index in [0.717, 1.165) is 53.3 Å². The number of hydrogen-bond acceptors (Lipinski definition) is 4. The molecule has 0 N–H and O–H groups in total. The summed E-state index contributed by atoms with van der Waals surface area (Å²) >= 11 is 8.05. The molecule has 1 aromatic carbocycles. The first kappa shape index (κ1) is 17.6. The number of fused-ring (bicyclic) bond motifs is 1. The average Bonchev–Trinajstić information content (AvgIpc) is 3.47. The molecule has 0 saturated carbocycles. The third kappa shape index (κ3) is 2.88. The Morgan fingerprint density at radius 2 is 2.04 bits per heavy atom. The molecule has 1 amide bonds. The van der Waals surface area contributed by atoms with Crippen molar-refractivity contribution in [3.8, 4) is 11.3 Å². The van der Waals surface area contributed by atoms with E-state index < -0.39 is 0 Å². The number of carbonyl (C=O) groups excluding carboxylic acids is 1. The number of benzene rings is 1. The number of amides is 1. The topological polar surface area (TPSA) is 50.0 Å². The summed E-state index contributed by atoms with van der Waals surface area (Å²) in [6, 6.07) is 8.47. The zero-order valence-electron chi connectivity index (χ0n) is 15.4.